The summed E-state index contributed by atoms with van der Waals surface area (Å²) in [6, 6.07) is 0.635. The minimum atomic E-state index is -0.912. The lowest BCUT2D eigenvalue weighted by molar-refractivity contribution is -0.137. The van der Waals surface area contributed by atoms with E-state index in [1.165, 1.54) is 20.3 Å². The molecule has 0 saturated carbocycles. The molecular formula is C12H18N4O5. The number of rotatable bonds is 7. The van der Waals surface area contributed by atoms with E-state index >= 15 is 0 Å². The Bertz CT molecular complexity index is 486. The number of methoxy groups -OCH3 is 2. The van der Waals surface area contributed by atoms with E-state index in [9.17, 15) is 9.59 Å². The molecule has 0 radical (unpaired) electrons. The average molecular weight is 298 g/mol. The van der Waals surface area contributed by atoms with Crippen molar-refractivity contribution in [2.75, 3.05) is 19.5 Å². The Labute approximate surface area is 121 Å². The standard InChI is InChI=1S/C12H18N4O5/c1-7(4-5-10(17)18)13-12(19)16-11-14-8(20-2)6-9(15-11)21-3/h6-7H,4-5H2,1-3H3,(H,17,18)(H2,13,14,15,16,19). The van der Waals surface area contributed by atoms with Gasteiger partial charge in [-0.1, -0.05) is 0 Å². The first kappa shape index (κ1) is 16.5. The molecule has 0 saturated heterocycles. The fourth-order valence-corrected chi connectivity index (χ4v) is 1.44. The van der Waals surface area contributed by atoms with Crippen LogP contribution in [-0.4, -0.2) is 47.3 Å². The number of nitrogens with zero attached hydrogens (tertiary/aromatic N) is 2. The highest BCUT2D eigenvalue weighted by Gasteiger charge is 2.12. The van der Waals surface area contributed by atoms with E-state index < -0.39 is 12.0 Å². The highest BCUT2D eigenvalue weighted by atomic mass is 16.5. The van der Waals surface area contributed by atoms with Gasteiger partial charge in [-0.25, -0.2) is 4.79 Å². The van der Waals surface area contributed by atoms with Gasteiger partial charge in [0.15, 0.2) is 0 Å². The predicted octanol–water partition coefficient (Wildman–Crippen LogP) is 0.869. The number of amides is 2. The largest absolute Gasteiger partial charge is 0.481 e. The molecule has 0 spiro atoms. The maximum atomic E-state index is 11.7. The third kappa shape index (κ3) is 5.93. The number of anilines is 1. The summed E-state index contributed by atoms with van der Waals surface area (Å²) in [5.41, 5.74) is 0. The van der Waals surface area contributed by atoms with Gasteiger partial charge < -0.3 is 19.9 Å². The molecule has 3 N–H and O–H groups in total. The van der Waals surface area contributed by atoms with Crippen LogP contribution in [0.1, 0.15) is 19.8 Å². The molecular weight excluding hydrogens is 280 g/mol. The van der Waals surface area contributed by atoms with E-state index in [4.69, 9.17) is 14.6 Å². The molecule has 1 atom stereocenters. The number of aliphatic carboxylic acids is 1. The Morgan fingerprint density at radius 2 is 1.86 bits per heavy atom. The number of carboxylic acid groups (broad SMARTS) is 1. The summed E-state index contributed by atoms with van der Waals surface area (Å²) in [4.78, 5) is 30.1. The van der Waals surface area contributed by atoms with Crippen LogP contribution in [0.25, 0.3) is 0 Å². The number of carbonyl (C=O) groups is 2. The first-order valence-electron chi connectivity index (χ1n) is 6.21. The van der Waals surface area contributed by atoms with Gasteiger partial charge in [-0.3, -0.25) is 10.1 Å². The van der Waals surface area contributed by atoms with Crippen molar-refractivity contribution >= 4 is 17.9 Å². The molecule has 0 aliphatic heterocycles. The lowest BCUT2D eigenvalue weighted by Gasteiger charge is -2.13. The number of hydrogen-bond donors (Lipinski definition) is 3. The molecule has 9 heteroatoms. The summed E-state index contributed by atoms with van der Waals surface area (Å²) in [7, 11) is 2.86. The molecule has 0 fully saturated rings. The van der Waals surface area contributed by atoms with Crippen LogP contribution in [-0.2, 0) is 4.79 Å². The van der Waals surface area contributed by atoms with Gasteiger partial charge in [-0.05, 0) is 13.3 Å². The third-order valence-electron chi connectivity index (χ3n) is 2.49. The SMILES string of the molecule is COc1cc(OC)nc(NC(=O)NC(C)CCC(=O)O)n1. The van der Waals surface area contributed by atoms with Crippen molar-refractivity contribution in [2.24, 2.45) is 0 Å². The van der Waals surface area contributed by atoms with E-state index in [1.807, 2.05) is 0 Å². The summed E-state index contributed by atoms with van der Waals surface area (Å²) < 4.78 is 9.91. The van der Waals surface area contributed by atoms with Gasteiger partial charge in [0.25, 0.3) is 0 Å². The molecule has 0 aromatic carbocycles. The molecule has 9 nitrogen and oxygen atoms in total. The minimum Gasteiger partial charge on any atom is -0.481 e. The molecule has 1 aromatic rings. The topological polar surface area (TPSA) is 123 Å². The number of hydrogen-bond acceptors (Lipinski definition) is 6. The van der Waals surface area contributed by atoms with Gasteiger partial charge in [0.05, 0.1) is 20.3 Å². The number of carboxylic acids is 1. The van der Waals surface area contributed by atoms with Crippen LogP contribution < -0.4 is 20.1 Å². The van der Waals surface area contributed by atoms with Gasteiger partial charge >= 0.3 is 12.0 Å². The van der Waals surface area contributed by atoms with Crippen molar-refractivity contribution < 1.29 is 24.2 Å². The monoisotopic (exact) mass is 298 g/mol. The van der Waals surface area contributed by atoms with Crippen molar-refractivity contribution in [3.63, 3.8) is 0 Å². The average Bonchev–Trinajstić information content (AvgIpc) is 2.44. The summed E-state index contributed by atoms with van der Waals surface area (Å²) in [5, 5.41) is 13.6. The van der Waals surface area contributed by atoms with Crippen molar-refractivity contribution in [1.82, 2.24) is 15.3 Å². The molecule has 2 amide bonds. The van der Waals surface area contributed by atoms with Crippen LogP contribution in [0.2, 0.25) is 0 Å². The van der Waals surface area contributed by atoms with Crippen LogP contribution in [0.5, 0.6) is 11.8 Å². The molecule has 0 aliphatic rings. The molecule has 1 unspecified atom stereocenters. The van der Waals surface area contributed by atoms with E-state index in [2.05, 4.69) is 20.6 Å². The fraction of sp³-hybridized carbons (Fsp3) is 0.500. The molecule has 1 heterocycles. The van der Waals surface area contributed by atoms with Gasteiger partial charge in [0.1, 0.15) is 0 Å². The lowest BCUT2D eigenvalue weighted by atomic mass is 10.2. The smallest absolute Gasteiger partial charge is 0.321 e. The van der Waals surface area contributed by atoms with E-state index in [-0.39, 0.29) is 30.2 Å². The Morgan fingerprint density at radius 3 is 2.33 bits per heavy atom. The summed E-state index contributed by atoms with van der Waals surface area (Å²) in [5.74, 6) is -0.397. The second kappa shape index (κ2) is 7.88. The zero-order chi connectivity index (χ0) is 15.8. The summed E-state index contributed by atoms with van der Waals surface area (Å²) >= 11 is 0. The number of urea groups is 1. The Hall–Kier alpha value is -2.58. The fourth-order valence-electron chi connectivity index (χ4n) is 1.44. The van der Waals surface area contributed by atoms with Crippen molar-refractivity contribution in [3.8, 4) is 11.8 Å². The highest BCUT2D eigenvalue weighted by molar-refractivity contribution is 5.87. The second-order valence-corrected chi connectivity index (χ2v) is 4.21. The highest BCUT2D eigenvalue weighted by Crippen LogP contribution is 2.17. The van der Waals surface area contributed by atoms with Gasteiger partial charge in [0, 0.05) is 12.5 Å². The van der Waals surface area contributed by atoms with Gasteiger partial charge in [0.2, 0.25) is 17.7 Å². The van der Waals surface area contributed by atoms with Crippen LogP contribution in [0.15, 0.2) is 6.07 Å². The first-order valence-corrected chi connectivity index (χ1v) is 6.21. The Balaban J connectivity index is 2.59. The third-order valence-corrected chi connectivity index (χ3v) is 2.49. The Kier molecular flexibility index (Phi) is 6.18. The normalized spacial score (nSPS) is 11.4. The summed E-state index contributed by atoms with van der Waals surface area (Å²) in [6.07, 6.45) is 0.302. The van der Waals surface area contributed by atoms with Crippen molar-refractivity contribution in [2.45, 2.75) is 25.8 Å². The maximum Gasteiger partial charge on any atom is 0.321 e. The van der Waals surface area contributed by atoms with Crippen molar-refractivity contribution in [1.29, 1.82) is 0 Å². The molecule has 0 aliphatic carbocycles. The molecule has 116 valence electrons. The number of carbonyl (C=O) groups excluding carboxylic acids is 1. The maximum absolute atomic E-state index is 11.7. The van der Waals surface area contributed by atoms with Gasteiger partial charge in [-0.15, -0.1) is 0 Å². The molecule has 1 rings (SSSR count). The zero-order valence-corrected chi connectivity index (χ0v) is 12.0. The first-order chi connectivity index (χ1) is 9.94. The van der Waals surface area contributed by atoms with Crippen LogP contribution in [0.4, 0.5) is 10.7 Å². The predicted molar refractivity (Wildman–Crippen MR) is 73.6 cm³/mol. The van der Waals surface area contributed by atoms with Crippen LogP contribution in [0.3, 0.4) is 0 Å². The van der Waals surface area contributed by atoms with E-state index in [0.29, 0.717) is 6.42 Å². The van der Waals surface area contributed by atoms with Gasteiger partial charge in [-0.2, -0.15) is 9.97 Å². The summed E-state index contributed by atoms with van der Waals surface area (Å²) in [6.45, 7) is 1.70. The second-order valence-electron chi connectivity index (χ2n) is 4.21. The van der Waals surface area contributed by atoms with E-state index in [0.717, 1.165) is 0 Å². The van der Waals surface area contributed by atoms with E-state index in [1.54, 1.807) is 6.92 Å². The quantitative estimate of drug-likeness (QED) is 0.682. The Morgan fingerprint density at radius 1 is 1.29 bits per heavy atom. The number of ether oxygens (including phenoxy) is 2. The number of aromatic nitrogens is 2. The minimum absolute atomic E-state index is 0.0223. The molecule has 0 bridgehead atoms. The van der Waals surface area contributed by atoms with Crippen LogP contribution >= 0.6 is 0 Å². The number of nitrogens with one attached hydrogen (secondary N) is 2. The van der Waals surface area contributed by atoms with Crippen molar-refractivity contribution in [3.05, 3.63) is 6.07 Å². The molecule has 1 aromatic heterocycles. The van der Waals surface area contributed by atoms with Crippen LogP contribution in [0, 0.1) is 0 Å². The lowest BCUT2D eigenvalue weighted by Crippen LogP contribution is -2.36. The molecule has 21 heavy (non-hydrogen) atoms. The zero-order valence-electron chi connectivity index (χ0n) is 12.0.